The van der Waals surface area contributed by atoms with Gasteiger partial charge in [-0.2, -0.15) is 0 Å². The molecular weight excluding hydrogens is 250 g/mol. The third-order valence-corrected chi connectivity index (χ3v) is 4.13. The SMILES string of the molecule is COc1c(C)cc(C(=O)C(C)CN2CCCC2)cc1C. The van der Waals surface area contributed by atoms with Gasteiger partial charge in [0.05, 0.1) is 7.11 Å². The summed E-state index contributed by atoms with van der Waals surface area (Å²) in [5, 5.41) is 0. The summed E-state index contributed by atoms with van der Waals surface area (Å²) in [4.78, 5) is 15.0. The third kappa shape index (κ3) is 3.21. The van der Waals surface area contributed by atoms with Gasteiger partial charge in [-0.05, 0) is 63.0 Å². The molecule has 3 nitrogen and oxygen atoms in total. The molecule has 0 bridgehead atoms. The minimum Gasteiger partial charge on any atom is -0.496 e. The molecule has 0 N–H and O–H groups in total. The molecule has 0 aliphatic carbocycles. The van der Waals surface area contributed by atoms with Crippen LogP contribution in [0.5, 0.6) is 5.75 Å². The second kappa shape index (κ2) is 6.40. The number of Topliss-reactive ketones (excluding diaryl/α,β-unsaturated/α-hetero) is 1. The molecule has 1 atom stereocenters. The standard InChI is InChI=1S/C17H25NO2/c1-12-9-15(10-13(2)17(12)20-4)16(19)14(3)11-18-7-5-6-8-18/h9-10,14H,5-8,11H2,1-4H3. The van der Waals surface area contributed by atoms with Crippen molar-refractivity contribution in [1.29, 1.82) is 0 Å². The molecule has 0 amide bonds. The van der Waals surface area contributed by atoms with Crippen molar-refractivity contribution in [3.63, 3.8) is 0 Å². The predicted octanol–water partition coefficient (Wildman–Crippen LogP) is 3.23. The number of carbonyl (C=O) groups excluding carboxylic acids is 1. The van der Waals surface area contributed by atoms with Crippen molar-refractivity contribution in [1.82, 2.24) is 4.90 Å². The van der Waals surface area contributed by atoms with Crippen LogP contribution in [0.3, 0.4) is 0 Å². The van der Waals surface area contributed by atoms with Gasteiger partial charge in [0.25, 0.3) is 0 Å². The van der Waals surface area contributed by atoms with E-state index in [1.807, 2.05) is 32.9 Å². The van der Waals surface area contributed by atoms with Gasteiger partial charge in [0.1, 0.15) is 5.75 Å². The van der Waals surface area contributed by atoms with Crippen molar-refractivity contribution in [2.45, 2.75) is 33.6 Å². The van der Waals surface area contributed by atoms with Gasteiger partial charge in [-0.15, -0.1) is 0 Å². The molecule has 1 fully saturated rings. The molecule has 1 unspecified atom stereocenters. The Morgan fingerprint density at radius 3 is 2.30 bits per heavy atom. The summed E-state index contributed by atoms with van der Waals surface area (Å²) in [7, 11) is 1.67. The zero-order chi connectivity index (χ0) is 14.7. The average molecular weight is 275 g/mol. The lowest BCUT2D eigenvalue weighted by atomic mass is 9.95. The van der Waals surface area contributed by atoms with Crippen LogP contribution in [0, 0.1) is 19.8 Å². The molecule has 1 aromatic carbocycles. The van der Waals surface area contributed by atoms with Crippen molar-refractivity contribution < 1.29 is 9.53 Å². The van der Waals surface area contributed by atoms with E-state index in [9.17, 15) is 4.79 Å². The number of rotatable bonds is 5. The Balaban J connectivity index is 2.11. The lowest BCUT2D eigenvalue weighted by Gasteiger charge is -2.20. The first-order chi connectivity index (χ1) is 9.52. The monoisotopic (exact) mass is 275 g/mol. The van der Waals surface area contributed by atoms with Crippen molar-refractivity contribution in [3.8, 4) is 5.75 Å². The number of benzene rings is 1. The number of nitrogens with zero attached hydrogens (tertiary/aromatic N) is 1. The third-order valence-electron chi connectivity index (χ3n) is 4.13. The van der Waals surface area contributed by atoms with Crippen LogP contribution in [0.4, 0.5) is 0 Å². The first-order valence-corrected chi connectivity index (χ1v) is 7.44. The van der Waals surface area contributed by atoms with Crippen LogP contribution in [0.15, 0.2) is 12.1 Å². The number of likely N-dealkylation sites (tertiary alicyclic amines) is 1. The highest BCUT2D eigenvalue weighted by Gasteiger charge is 2.21. The zero-order valence-electron chi connectivity index (χ0n) is 13.0. The van der Waals surface area contributed by atoms with Gasteiger partial charge in [-0.3, -0.25) is 4.79 Å². The number of hydrogen-bond acceptors (Lipinski definition) is 3. The lowest BCUT2D eigenvalue weighted by Crippen LogP contribution is -2.29. The molecule has 20 heavy (non-hydrogen) atoms. The number of methoxy groups -OCH3 is 1. The van der Waals surface area contributed by atoms with Crippen molar-refractivity contribution in [2.24, 2.45) is 5.92 Å². The van der Waals surface area contributed by atoms with Crippen LogP contribution >= 0.6 is 0 Å². The molecule has 110 valence electrons. The first kappa shape index (κ1) is 15.0. The Morgan fingerprint density at radius 2 is 1.80 bits per heavy atom. The molecule has 1 heterocycles. The van der Waals surface area contributed by atoms with Gasteiger partial charge < -0.3 is 9.64 Å². The molecule has 0 aromatic heterocycles. The van der Waals surface area contributed by atoms with E-state index in [0.29, 0.717) is 0 Å². The van der Waals surface area contributed by atoms with E-state index >= 15 is 0 Å². The molecule has 1 aliphatic rings. The fourth-order valence-electron chi connectivity index (χ4n) is 3.13. The topological polar surface area (TPSA) is 29.5 Å². The van der Waals surface area contributed by atoms with Gasteiger partial charge >= 0.3 is 0 Å². The summed E-state index contributed by atoms with van der Waals surface area (Å²) in [5.74, 6) is 1.18. The van der Waals surface area contributed by atoms with Gasteiger partial charge in [0, 0.05) is 18.0 Å². The summed E-state index contributed by atoms with van der Waals surface area (Å²) >= 11 is 0. The van der Waals surface area contributed by atoms with E-state index in [2.05, 4.69) is 4.90 Å². The second-order valence-corrected chi connectivity index (χ2v) is 5.92. The Bertz CT molecular complexity index is 467. The van der Waals surface area contributed by atoms with Crippen LogP contribution in [-0.2, 0) is 0 Å². The van der Waals surface area contributed by atoms with Crippen molar-refractivity contribution in [3.05, 3.63) is 28.8 Å². The van der Waals surface area contributed by atoms with Gasteiger partial charge in [-0.1, -0.05) is 6.92 Å². The predicted molar refractivity (Wildman–Crippen MR) is 81.6 cm³/mol. The van der Waals surface area contributed by atoms with Gasteiger partial charge in [-0.25, -0.2) is 0 Å². The average Bonchev–Trinajstić information content (AvgIpc) is 2.90. The van der Waals surface area contributed by atoms with E-state index in [4.69, 9.17) is 4.74 Å². The summed E-state index contributed by atoms with van der Waals surface area (Å²) in [6.07, 6.45) is 2.53. The van der Waals surface area contributed by atoms with Crippen LogP contribution < -0.4 is 4.74 Å². The quantitative estimate of drug-likeness (QED) is 0.773. The summed E-state index contributed by atoms with van der Waals surface area (Å²) in [5.41, 5.74) is 2.88. The summed E-state index contributed by atoms with van der Waals surface area (Å²) in [6.45, 7) is 9.18. The maximum Gasteiger partial charge on any atom is 0.166 e. The Kier molecular flexibility index (Phi) is 4.81. The number of ketones is 1. The molecule has 0 saturated carbocycles. The molecule has 2 rings (SSSR count). The maximum absolute atomic E-state index is 12.6. The Morgan fingerprint density at radius 1 is 1.25 bits per heavy atom. The van der Waals surface area contributed by atoms with Crippen LogP contribution in [0.1, 0.15) is 41.3 Å². The van der Waals surface area contributed by atoms with E-state index in [-0.39, 0.29) is 11.7 Å². The molecule has 1 aliphatic heterocycles. The number of carbonyl (C=O) groups is 1. The molecule has 0 spiro atoms. The van der Waals surface area contributed by atoms with Crippen molar-refractivity contribution in [2.75, 3.05) is 26.7 Å². The minimum atomic E-state index is 0.0558. The molecule has 1 aromatic rings. The lowest BCUT2D eigenvalue weighted by molar-refractivity contribution is 0.0902. The van der Waals surface area contributed by atoms with Crippen LogP contribution in [0.25, 0.3) is 0 Å². The van der Waals surface area contributed by atoms with E-state index < -0.39 is 0 Å². The molecule has 1 saturated heterocycles. The first-order valence-electron chi connectivity index (χ1n) is 7.44. The van der Waals surface area contributed by atoms with E-state index in [1.165, 1.54) is 12.8 Å². The fraction of sp³-hybridized carbons (Fsp3) is 0.588. The number of hydrogen-bond donors (Lipinski definition) is 0. The van der Waals surface area contributed by atoms with Gasteiger partial charge in [0.15, 0.2) is 5.78 Å². The minimum absolute atomic E-state index is 0.0558. The van der Waals surface area contributed by atoms with Gasteiger partial charge in [0.2, 0.25) is 0 Å². The summed E-state index contributed by atoms with van der Waals surface area (Å²) < 4.78 is 5.36. The highest BCUT2D eigenvalue weighted by Crippen LogP contribution is 2.26. The Hall–Kier alpha value is -1.35. The highest BCUT2D eigenvalue weighted by molar-refractivity contribution is 5.98. The maximum atomic E-state index is 12.6. The molecular formula is C17H25NO2. The van der Waals surface area contributed by atoms with E-state index in [0.717, 1.165) is 42.1 Å². The largest absolute Gasteiger partial charge is 0.496 e. The normalized spacial score (nSPS) is 17.2. The fourth-order valence-corrected chi connectivity index (χ4v) is 3.13. The van der Waals surface area contributed by atoms with Crippen LogP contribution in [0.2, 0.25) is 0 Å². The Labute approximate surface area is 121 Å². The molecule has 0 radical (unpaired) electrons. The highest BCUT2D eigenvalue weighted by atomic mass is 16.5. The number of aryl methyl sites for hydroxylation is 2. The molecule has 3 heteroatoms. The second-order valence-electron chi connectivity index (χ2n) is 5.92. The smallest absolute Gasteiger partial charge is 0.166 e. The van der Waals surface area contributed by atoms with E-state index in [1.54, 1.807) is 7.11 Å². The van der Waals surface area contributed by atoms with Crippen LogP contribution in [-0.4, -0.2) is 37.4 Å². The number of ether oxygens (including phenoxy) is 1. The zero-order valence-corrected chi connectivity index (χ0v) is 13.0. The summed E-state index contributed by atoms with van der Waals surface area (Å²) in [6, 6.07) is 3.91. The van der Waals surface area contributed by atoms with Crippen molar-refractivity contribution >= 4 is 5.78 Å².